The lowest BCUT2D eigenvalue weighted by molar-refractivity contribution is -0.116. The van der Waals surface area contributed by atoms with Gasteiger partial charge in [-0.15, -0.1) is 10.2 Å². The van der Waals surface area contributed by atoms with Gasteiger partial charge in [0.05, 0.1) is 0 Å². The zero-order valence-corrected chi connectivity index (χ0v) is 13.3. The maximum absolute atomic E-state index is 11.9. The van der Waals surface area contributed by atoms with E-state index in [4.69, 9.17) is 4.52 Å². The molecular weight excluding hydrogens is 314 g/mol. The highest BCUT2D eigenvalue weighted by Crippen LogP contribution is 2.17. The Hall–Kier alpha value is -2.61. The third kappa shape index (κ3) is 3.98. The van der Waals surface area contributed by atoms with E-state index >= 15 is 0 Å². The summed E-state index contributed by atoms with van der Waals surface area (Å²) in [7, 11) is 0. The Morgan fingerprint density at radius 2 is 2.09 bits per heavy atom. The maximum atomic E-state index is 11.9. The molecule has 0 bridgehead atoms. The first-order chi connectivity index (χ1) is 11.2. The highest BCUT2D eigenvalue weighted by Gasteiger charge is 2.12. The van der Waals surface area contributed by atoms with Crippen LogP contribution in [-0.4, -0.2) is 26.2 Å². The molecule has 0 atom stereocenters. The molecule has 0 saturated carbocycles. The molecule has 118 valence electrons. The standard InChI is InChI=1S/C15H15N5O2S/c1-2-13-18-19-15(23-13)16-11(21)8-9-12-17-14(20-22-12)10-6-4-3-5-7-10/h3-7H,2,8-9H2,1H3,(H,16,19,21). The maximum Gasteiger partial charge on any atom is 0.227 e. The zero-order chi connectivity index (χ0) is 16.1. The summed E-state index contributed by atoms with van der Waals surface area (Å²) in [6.45, 7) is 1.99. The summed E-state index contributed by atoms with van der Waals surface area (Å²) in [6.07, 6.45) is 1.43. The van der Waals surface area contributed by atoms with E-state index in [1.165, 1.54) is 11.3 Å². The van der Waals surface area contributed by atoms with Crippen molar-refractivity contribution in [2.75, 3.05) is 5.32 Å². The van der Waals surface area contributed by atoms with Crippen LogP contribution in [0.25, 0.3) is 11.4 Å². The normalized spacial score (nSPS) is 10.7. The van der Waals surface area contributed by atoms with Crippen molar-refractivity contribution in [2.45, 2.75) is 26.2 Å². The van der Waals surface area contributed by atoms with Gasteiger partial charge in [0.2, 0.25) is 22.8 Å². The second-order valence-electron chi connectivity index (χ2n) is 4.78. The van der Waals surface area contributed by atoms with Gasteiger partial charge < -0.3 is 9.84 Å². The lowest BCUT2D eigenvalue weighted by Crippen LogP contribution is -2.12. The number of anilines is 1. The molecule has 23 heavy (non-hydrogen) atoms. The van der Waals surface area contributed by atoms with E-state index in [9.17, 15) is 4.79 Å². The van der Waals surface area contributed by atoms with Crippen LogP contribution in [0.4, 0.5) is 5.13 Å². The number of carbonyl (C=O) groups excluding carboxylic acids is 1. The molecule has 0 saturated heterocycles. The van der Waals surface area contributed by atoms with E-state index in [-0.39, 0.29) is 12.3 Å². The van der Waals surface area contributed by atoms with E-state index in [2.05, 4.69) is 25.7 Å². The number of nitrogens with zero attached hydrogens (tertiary/aromatic N) is 4. The SMILES string of the molecule is CCc1nnc(NC(=O)CCc2nc(-c3ccccc3)no2)s1. The Labute approximate surface area is 136 Å². The molecular formula is C15H15N5O2S. The molecule has 0 aliphatic rings. The molecule has 3 rings (SSSR count). The first-order valence-corrected chi connectivity index (χ1v) is 8.06. The molecule has 0 aliphatic heterocycles. The van der Waals surface area contributed by atoms with Crippen molar-refractivity contribution in [1.82, 2.24) is 20.3 Å². The molecule has 0 aliphatic carbocycles. The van der Waals surface area contributed by atoms with Crippen molar-refractivity contribution in [3.05, 3.63) is 41.2 Å². The van der Waals surface area contributed by atoms with Crippen molar-refractivity contribution in [3.63, 3.8) is 0 Å². The first-order valence-electron chi connectivity index (χ1n) is 7.25. The molecule has 0 fully saturated rings. The van der Waals surface area contributed by atoms with Gasteiger partial charge in [0, 0.05) is 18.4 Å². The van der Waals surface area contributed by atoms with Crippen LogP contribution in [0.5, 0.6) is 0 Å². The molecule has 2 heterocycles. The quantitative estimate of drug-likeness (QED) is 0.747. The van der Waals surface area contributed by atoms with E-state index in [0.717, 1.165) is 17.0 Å². The minimum atomic E-state index is -0.150. The number of rotatable bonds is 6. The van der Waals surface area contributed by atoms with Gasteiger partial charge in [-0.05, 0) is 6.42 Å². The average Bonchev–Trinajstić information content (AvgIpc) is 3.23. The largest absolute Gasteiger partial charge is 0.339 e. The van der Waals surface area contributed by atoms with Crippen LogP contribution < -0.4 is 5.32 Å². The lowest BCUT2D eigenvalue weighted by Gasteiger charge is -1.98. The van der Waals surface area contributed by atoms with E-state index in [1.807, 2.05) is 37.3 Å². The molecule has 2 aromatic heterocycles. The summed E-state index contributed by atoms with van der Waals surface area (Å²) in [6, 6.07) is 9.55. The van der Waals surface area contributed by atoms with Crippen LogP contribution in [0.15, 0.2) is 34.9 Å². The molecule has 0 spiro atoms. The average molecular weight is 329 g/mol. The molecule has 3 aromatic rings. The second-order valence-corrected chi connectivity index (χ2v) is 5.84. The molecule has 8 heteroatoms. The van der Waals surface area contributed by atoms with Gasteiger partial charge in [-0.3, -0.25) is 4.79 Å². The van der Waals surface area contributed by atoms with E-state index in [1.54, 1.807) is 0 Å². The van der Waals surface area contributed by atoms with Gasteiger partial charge in [-0.2, -0.15) is 4.98 Å². The van der Waals surface area contributed by atoms with Crippen molar-refractivity contribution < 1.29 is 9.32 Å². The van der Waals surface area contributed by atoms with Gasteiger partial charge in [-0.25, -0.2) is 0 Å². The number of aryl methyl sites for hydroxylation is 2. The van der Waals surface area contributed by atoms with Gasteiger partial charge in [-0.1, -0.05) is 53.7 Å². The number of amides is 1. The summed E-state index contributed by atoms with van der Waals surface area (Å²) in [5.74, 6) is 0.812. The monoisotopic (exact) mass is 329 g/mol. The molecule has 1 N–H and O–H groups in total. The van der Waals surface area contributed by atoms with Gasteiger partial charge in [0.15, 0.2) is 0 Å². The lowest BCUT2D eigenvalue weighted by atomic mass is 10.2. The summed E-state index contributed by atoms with van der Waals surface area (Å²) in [5.41, 5.74) is 0.882. The highest BCUT2D eigenvalue weighted by atomic mass is 32.1. The van der Waals surface area contributed by atoms with Crippen LogP contribution in [-0.2, 0) is 17.6 Å². The molecule has 1 amide bonds. The third-order valence-corrected chi connectivity index (χ3v) is 4.06. The zero-order valence-electron chi connectivity index (χ0n) is 12.5. The van der Waals surface area contributed by atoms with Gasteiger partial charge >= 0.3 is 0 Å². The Morgan fingerprint density at radius 3 is 2.83 bits per heavy atom. The summed E-state index contributed by atoms with van der Waals surface area (Å²) < 4.78 is 5.17. The molecule has 1 aromatic carbocycles. The third-order valence-electron chi connectivity index (χ3n) is 3.08. The fraction of sp³-hybridized carbons (Fsp3) is 0.267. The number of nitrogens with one attached hydrogen (secondary N) is 1. The summed E-state index contributed by atoms with van der Waals surface area (Å²) in [5, 5.41) is 15.9. The Kier molecular flexibility index (Phi) is 4.72. The Balaban J connectivity index is 1.54. The number of hydrogen-bond acceptors (Lipinski definition) is 7. The number of hydrogen-bond donors (Lipinski definition) is 1. The first kappa shape index (κ1) is 15.3. The van der Waals surface area contributed by atoms with Crippen LogP contribution in [0, 0.1) is 0 Å². The summed E-state index contributed by atoms with van der Waals surface area (Å²) in [4.78, 5) is 16.2. The fourth-order valence-electron chi connectivity index (χ4n) is 1.91. The molecule has 0 radical (unpaired) electrons. The molecule has 7 nitrogen and oxygen atoms in total. The molecule has 0 unspecified atom stereocenters. The number of aromatic nitrogens is 4. The Morgan fingerprint density at radius 1 is 1.26 bits per heavy atom. The van der Waals surface area contributed by atoms with Crippen molar-refractivity contribution in [3.8, 4) is 11.4 Å². The van der Waals surface area contributed by atoms with E-state index in [0.29, 0.717) is 23.3 Å². The van der Waals surface area contributed by atoms with Crippen molar-refractivity contribution in [2.24, 2.45) is 0 Å². The minimum Gasteiger partial charge on any atom is -0.339 e. The second kappa shape index (κ2) is 7.10. The predicted octanol–water partition coefficient (Wildman–Crippen LogP) is 2.72. The van der Waals surface area contributed by atoms with Crippen molar-refractivity contribution in [1.29, 1.82) is 0 Å². The van der Waals surface area contributed by atoms with Crippen molar-refractivity contribution >= 4 is 22.4 Å². The van der Waals surface area contributed by atoms with Gasteiger partial charge in [0.25, 0.3) is 0 Å². The number of benzene rings is 1. The van der Waals surface area contributed by atoms with Crippen LogP contribution in [0.1, 0.15) is 24.2 Å². The number of carbonyl (C=O) groups is 1. The fourth-order valence-corrected chi connectivity index (χ4v) is 2.61. The van der Waals surface area contributed by atoms with Gasteiger partial charge in [0.1, 0.15) is 5.01 Å². The van der Waals surface area contributed by atoms with E-state index < -0.39 is 0 Å². The predicted molar refractivity (Wildman–Crippen MR) is 86.0 cm³/mol. The van der Waals surface area contributed by atoms with Crippen LogP contribution in [0.3, 0.4) is 0 Å². The topological polar surface area (TPSA) is 93.8 Å². The highest BCUT2D eigenvalue weighted by molar-refractivity contribution is 7.15. The van der Waals surface area contributed by atoms with Crippen LogP contribution >= 0.6 is 11.3 Å². The minimum absolute atomic E-state index is 0.150. The smallest absolute Gasteiger partial charge is 0.227 e. The summed E-state index contributed by atoms with van der Waals surface area (Å²) >= 11 is 1.38. The van der Waals surface area contributed by atoms with Crippen LogP contribution in [0.2, 0.25) is 0 Å². The Bertz CT molecular complexity index is 784.